The highest BCUT2D eigenvalue weighted by atomic mass is 32.2. The lowest BCUT2D eigenvalue weighted by Gasteiger charge is -2.27. The molecule has 0 saturated carbocycles. The van der Waals surface area contributed by atoms with Crippen LogP contribution < -0.4 is 10.9 Å². The number of hydrazine groups is 2. The molecule has 8 nitrogen and oxygen atoms in total. The Morgan fingerprint density at radius 1 is 1.04 bits per heavy atom. The van der Waals surface area contributed by atoms with Crippen LogP contribution in [0.1, 0.15) is 19.4 Å². The molecular weight excluding hydrogens is 406 g/mol. The first-order valence-corrected chi connectivity index (χ1v) is 10.7. The quantitative estimate of drug-likeness (QED) is 0.483. The molecule has 0 atom stereocenters. The van der Waals surface area contributed by atoms with Crippen molar-refractivity contribution in [2.24, 2.45) is 0 Å². The van der Waals surface area contributed by atoms with Gasteiger partial charge in [0.25, 0.3) is 5.91 Å². The van der Waals surface area contributed by atoms with Gasteiger partial charge in [0.1, 0.15) is 10.7 Å². The van der Waals surface area contributed by atoms with E-state index in [2.05, 4.69) is 10.9 Å². The van der Waals surface area contributed by atoms with Gasteiger partial charge >= 0.3 is 0 Å². The van der Waals surface area contributed by atoms with Crippen molar-refractivity contribution in [1.29, 1.82) is 0 Å². The number of sulfonamides is 1. The van der Waals surface area contributed by atoms with Crippen molar-refractivity contribution in [1.82, 2.24) is 25.2 Å². The molecule has 0 aromatic heterocycles. The summed E-state index contributed by atoms with van der Waals surface area (Å²) in [5.41, 5.74) is 5.81. The molecule has 1 rings (SSSR count). The Kier molecular flexibility index (Phi) is 9.03. The lowest BCUT2D eigenvalue weighted by atomic mass is 10.2. The van der Waals surface area contributed by atoms with Gasteiger partial charge in [-0.3, -0.25) is 20.7 Å². The average molecular weight is 432 g/mol. The van der Waals surface area contributed by atoms with Gasteiger partial charge in [0.15, 0.2) is 5.11 Å². The van der Waals surface area contributed by atoms with Gasteiger partial charge in [0.05, 0.1) is 0 Å². The summed E-state index contributed by atoms with van der Waals surface area (Å²) < 4.78 is 25.6. The molecule has 0 unspecified atom stereocenters. The van der Waals surface area contributed by atoms with Crippen LogP contribution in [0.15, 0.2) is 30.3 Å². The number of amides is 1. The zero-order valence-corrected chi connectivity index (χ0v) is 18.2. The Bertz CT molecular complexity index is 767. The third-order valence-electron chi connectivity index (χ3n) is 3.65. The lowest BCUT2D eigenvalue weighted by Crippen LogP contribution is -2.52. The van der Waals surface area contributed by atoms with E-state index in [9.17, 15) is 13.2 Å². The van der Waals surface area contributed by atoms with Gasteiger partial charge in [-0.1, -0.05) is 42.5 Å². The summed E-state index contributed by atoms with van der Waals surface area (Å²) in [6, 6.07) is 9.09. The van der Waals surface area contributed by atoms with E-state index in [1.807, 2.05) is 32.0 Å². The van der Waals surface area contributed by atoms with E-state index in [0.29, 0.717) is 18.1 Å². The summed E-state index contributed by atoms with van der Waals surface area (Å²) in [7, 11) is -1.06. The van der Waals surface area contributed by atoms with Gasteiger partial charge in [-0.25, -0.2) is 8.42 Å². The van der Waals surface area contributed by atoms with E-state index in [4.69, 9.17) is 24.4 Å². The van der Waals surface area contributed by atoms with Crippen LogP contribution in [-0.4, -0.2) is 71.7 Å². The maximum atomic E-state index is 12.4. The molecule has 1 aromatic carbocycles. The molecule has 0 heterocycles. The Labute approximate surface area is 171 Å². The fourth-order valence-electron chi connectivity index (χ4n) is 2.09. The second-order valence-corrected chi connectivity index (χ2v) is 8.35. The number of nitrogens with zero attached hydrogens (tertiary/aromatic N) is 3. The predicted octanol–water partition coefficient (Wildman–Crippen LogP) is 0.718. The fraction of sp³-hybridized carbons (Fsp3) is 0.438. The highest BCUT2D eigenvalue weighted by Crippen LogP contribution is 2.03. The first kappa shape index (κ1) is 23.2. The van der Waals surface area contributed by atoms with E-state index in [0.717, 1.165) is 9.98 Å². The maximum absolute atomic E-state index is 12.4. The molecule has 150 valence electrons. The average Bonchev–Trinajstić information content (AvgIpc) is 2.62. The number of rotatable bonds is 7. The highest BCUT2D eigenvalue weighted by molar-refractivity contribution is 7.89. The lowest BCUT2D eigenvalue weighted by molar-refractivity contribution is -0.121. The van der Waals surface area contributed by atoms with Gasteiger partial charge in [-0.15, -0.1) is 4.41 Å². The van der Waals surface area contributed by atoms with Crippen LogP contribution in [0.25, 0.3) is 0 Å². The summed E-state index contributed by atoms with van der Waals surface area (Å²) >= 11 is 10.5. The van der Waals surface area contributed by atoms with Gasteiger partial charge in [-0.2, -0.15) is 0 Å². The van der Waals surface area contributed by atoms with Gasteiger partial charge in [-0.05, 0) is 26.1 Å². The number of benzene rings is 1. The van der Waals surface area contributed by atoms with E-state index >= 15 is 0 Å². The SMILES string of the molecule is CCN(CC)C(=S)NN(C)S(=O)(=O)CC(=O)NN(C)C(=S)c1ccccc1. The first-order valence-electron chi connectivity index (χ1n) is 8.27. The van der Waals surface area contributed by atoms with Gasteiger partial charge in [0, 0.05) is 32.7 Å². The molecule has 2 N–H and O–H groups in total. The van der Waals surface area contributed by atoms with Crippen molar-refractivity contribution < 1.29 is 13.2 Å². The van der Waals surface area contributed by atoms with Crippen LogP contribution in [0.3, 0.4) is 0 Å². The van der Waals surface area contributed by atoms with Crippen LogP contribution >= 0.6 is 24.4 Å². The van der Waals surface area contributed by atoms with Crippen molar-refractivity contribution in [3.8, 4) is 0 Å². The Balaban J connectivity index is 2.66. The molecule has 0 spiro atoms. The summed E-state index contributed by atoms with van der Waals surface area (Å²) in [5, 5.41) is 1.59. The standard InChI is InChI=1S/C16H25N5O3S3/c1-5-21(6-2)16(26)18-20(4)27(23,24)12-14(22)17-19(3)15(25)13-10-8-7-9-11-13/h7-11H,5-6,12H2,1-4H3,(H,17,22)(H,18,26). The van der Waals surface area contributed by atoms with E-state index in [1.54, 1.807) is 24.1 Å². The minimum absolute atomic E-state index is 0.272. The largest absolute Gasteiger partial charge is 0.349 e. The zero-order valence-electron chi connectivity index (χ0n) is 15.8. The number of nitrogens with one attached hydrogen (secondary N) is 2. The third kappa shape index (κ3) is 7.01. The number of hydrogen-bond donors (Lipinski definition) is 2. The normalized spacial score (nSPS) is 11.0. The van der Waals surface area contributed by atoms with Crippen molar-refractivity contribution in [3.63, 3.8) is 0 Å². The monoisotopic (exact) mass is 431 g/mol. The molecule has 0 aliphatic carbocycles. The molecule has 27 heavy (non-hydrogen) atoms. The van der Waals surface area contributed by atoms with Crippen LogP contribution in [0, 0.1) is 0 Å². The number of thiocarbonyl (C=S) groups is 2. The topological polar surface area (TPSA) is 85.0 Å². The van der Waals surface area contributed by atoms with Crippen molar-refractivity contribution >= 4 is 50.5 Å². The Morgan fingerprint density at radius 2 is 1.59 bits per heavy atom. The van der Waals surface area contributed by atoms with E-state index in [1.165, 1.54) is 12.1 Å². The molecule has 1 amide bonds. The van der Waals surface area contributed by atoms with Crippen LogP contribution in [0.4, 0.5) is 0 Å². The molecule has 0 radical (unpaired) electrons. The fourth-order valence-corrected chi connectivity index (χ4v) is 3.54. The van der Waals surface area contributed by atoms with E-state index in [-0.39, 0.29) is 5.11 Å². The van der Waals surface area contributed by atoms with Crippen LogP contribution in [0.2, 0.25) is 0 Å². The second kappa shape index (κ2) is 10.5. The third-order valence-corrected chi connectivity index (χ3v) is 6.06. The van der Waals surface area contributed by atoms with E-state index < -0.39 is 21.7 Å². The summed E-state index contributed by atoms with van der Waals surface area (Å²) in [6.07, 6.45) is 0. The predicted molar refractivity (Wildman–Crippen MR) is 114 cm³/mol. The van der Waals surface area contributed by atoms with Crippen LogP contribution in [-0.2, 0) is 14.8 Å². The smallest absolute Gasteiger partial charge is 0.255 e. The molecule has 0 aliphatic rings. The molecular formula is C16H25N5O3S3. The summed E-state index contributed by atoms with van der Waals surface area (Å²) in [4.78, 5) is 14.3. The minimum Gasteiger partial charge on any atom is -0.349 e. The molecule has 0 aliphatic heterocycles. The summed E-state index contributed by atoms with van der Waals surface area (Å²) in [5.74, 6) is -1.46. The molecule has 0 saturated heterocycles. The highest BCUT2D eigenvalue weighted by Gasteiger charge is 2.24. The number of carbonyl (C=O) groups excluding carboxylic acids is 1. The second-order valence-electron chi connectivity index (χ2n) is 5.58. The molecule has 1 aromatic rings. The number of carbonyl (C=O) groups is 1. The zero-order chi connectivity index (χ0) is 20.6. The first-order chi connectivity index (χ1) is 12.6. The minimum atomic E-state index is -3.91. The number of hydrogen-bond acceptors (Lipinski definition) is 5. The van der Waals surface area contributed by atoms with Gasteiger partial charge in [0.2, 0.25) is 10.0 Å². The van der Waals surface area contributed by atoms with Crippen molar-refractivity contribution in [2.45, 2.75) is 13.8 Å². The molecule has 11 heteroatoms. The Hall–Kier alpha value is -1.82. The molecule has 0 fully saturated rings. The summed E-state index contributed by atoms with van der Waals surface area (Å²) in [6.45, 7) is 5.09. The van der Waals surface area contributed by atoms with Crippen molar-refractivity contribution in [2.75, 3.05) is 32.9 Å². The maximum Gasteiger partial charge on any atom is 0.255 e. The van der Waals surface area contributed by atoms with Crippen LogP contribution in [0.5, 0.6) is 0 Å². The van der Waals surface area contributed by atoms with Gasteiger partial charge < -0.3 is 4.90 Å². The van der Waals surface area contributed by atoms with Crippen molar-refractivity contribution in [3.05, 3.63) is 35.9 Å². The molecule has 0 bridgehead atoms. The Morgan fingerprint density at radius 3 is 2.11 bits per heavy atom.